The van der Waals surface area contributed by atoms with Crippen LogP contribution in [0.1, 0.15) is 40.3 Å². The Balaban J connectivity index is 1.99. The molecule has 0 saturated carbocycles. The van der Waals surface area contributed by atoms with Crippen molar-refractivity contribution in [1.82, 2.24) is 19.5 Å². The highest BCUT2D eigenvalue weighted by atomic mass is 28.4. The third kappa shape index (κ3) is 3.27. The van der Waals surface area contributed by atoms with Crippen molar-refractivity contribution in [1.29, 1.82) is 0 Å². The SMILES string of the molecule is CC(C)(C)[Si](C)(C)OC1C[C@H](n2cnc3c(N)nc(F)nc32)O[C@]1(C)C(=O)O. The number of aliphatic carboxylic acids is 1. The molecule has 1 aliphatic heterocycles. The van der Waals surface area contributed by atoms with Crippen LogP contribution in [0.25, 0.3) is 11.2 Å². The summed E-state index contributed by atoms with van der Waals surface area (Å²) in [7, 11) is -2.26. The minimum atomic E-state index is -2.26. The first kappa shape index (κ1) is 20.6. The highest BCUT2D eigenvalue weighted by molar-refractivity contribution is 6.74. The Morgan fingerprint density at radius 3 is 2.68 bits per heavy atom. The highest BCUT2D eigenvalue weighted by Gasteiger charge is 2.55. The van der Waals surface area contributed by atoms with E-state index in [9.17, 15) is 14.3 Å². The number of ether oxygens (including phenoxy) is 1. The van der Waals surface area contributed by atoms with Gasteiger partial charge in [-0.05, 0) is 25.1 Å². The number of nitrogen functional groups attached to an aromatic ring is 1. The molecule has 3 heterocycles. The van der Waals surface area contributed by atoms with Crippen molar-refractivity contribution >= 4 is 31.3 Å². The summed E-state index contributed by atoms with van der Waals surface area (Å²) in [6.07, 6.45) is -0.755. The van der Waals surface area contributed by atoms with Gasteiger partial charge in [0.1, 0.15) is 6.23 Å². The molecule has 0 aromatic carbocycles. The van der Waals surface area contributed by atoms with Gasteiger partial charge in [-0.2, -0.15) is 14.4 Å². The molecule has 0 amide bonds. The van der Waals surface area contributed by atoms with E-state index in [1.54, 1.807) is 0 Å². The van der Waals surface area contributed by atoms with E-state index < -0.39 is 38.3 Å². The van der Waals surface area contributed by atoms with Gasteiger partial charge >= 0.3 is 12.0 Å². The lowest BCUT2D eigenvalue weighted by Gasteiger charge is -2.40. The summed E-state index contributed by atoms with van der Waals surface area (Å²) in [5, 5.41) is 9.74. The molecule has 11 heteroatoms. The number of nitrogens with two attached hydrogens (primary N) is 1. The fraction of sp³-hybridized carbons (Fsp3) is 0.647. The van der Waals surface area contributed by atoms with Gasteiger partial charge < -0.3 is 20.0 Å². The number of carboxylic acid groups (broad SMARTS) is 1. The van der Waals surface area contributed by atoms with Gasteiger partial charge in [-0.15, -0.1) is 0 Å². The molecule has 3 rings (SSSR count). The van der Waals surface area contributed by atoms with Gasteiger partial charge in [0.05, 0.1) is 12.4 Å². The maximum atomic E-state index is 13.7. The molecule has 0 spiro atoms. The van der Waals surface area contributed by atoms with E-state index in [-0.39, 0.29) is 28.4 Å². The van der Waals surface area contributed by atoms with Gasteiger partial charge in [0, 0.05) is 6.42 Å². The number of carbonyl (C=O) groups is 1. The molecule has 1 aliphatic rings. The van der Waals surface area contributed by atoms with Gasteiger partial charge in [0.15, 0.2) is 30.9 Å². The predicted molar refractivity (Wildman–Crippen MR) is 103 cm³/mol. The summed E-state index contributed by atoms with van der Waals surface area (Å²) < 4.78 is 27.4. The molecule has 9 nitrogen and oxygen atoms in total. The predicted octanol–water partition coefficient (Wildman–Crippen LogP) is 2.70. The number of rotatable bonds is 4. The molecule has 2 aromatic rings. The number of imidazole rings is 1. The third-order valence-corrected chi connectivity index (χ3v) is 10.3. The van der Waals surface area contributed by atoms with Crippen LogP contribution < -0.4 is 5.73 Å². The first-order valence-electron chi connectivity index (χ1n) is 9.01. The summed E-state index contributed by atoms with van der Waals surface area (Å²) in [6, 6.07) is 0. The molecule has 3 atom stereocenters. The van der Waals surface area contributed by atoms with Crippen molar-refractivity contribution in [2.45, 2.75) is 70.2 Å². The largest absolute Gasteiger partial charge is 0.479 e. The van der Waals surface area contributed by atoms with E-state index in [4.69, 9.17) is 14.9 Å². The van der Waals surface area contributed by atoms with E-state index in [0.717, 1.165) is 0 Å². The molecule has 2 aromatic heterocycles. The summed E-state index contributed by atoms with van der Waals surface area (Å²) in [6.45, 7) is 11.8. The van der Waals surface area contributed by atoms with Crippen molar-refractivity contribution in [2.24, 2.45) is 0 Å². The molecule has 3 N–H and O–H groups in total. The smallest absolute Gasteiger partial charge is 0.338 e. The minimum Gasteiger partial charge on any atom is -0.479 e. The summed E-state index contributed by atoms with van der Waals surface area (Å²) in [5.74, 6) is -1.21. The molecule has 28 heavy (non-hydrogen) atoms. The zero-order valence-electron chi connectivity index (χ0n) is 16.9. The first-order valence-corrected chi connectivity index (χ1v) is 11.9. The first-order chi connectivity index (χ1) is 12.8. The molecule has 0 aliphatic carbocycles. The van der Waals surface area contributed by atoms with Crippen molar-refractivity contribution in [3.63, 3.8) is 0 Å². The average molecular weight is 412 g/mol. The average Bonchev–Trinajstić information content (AvgIpc) is 3.08. The van der Waals surface area contributed by atoms with Gasteiger partial charge in [-0.3, -0.25) is 4.57 Å². The molecule has 1 fully saturated rings. The zero-order valence-corrected chi connectivity index (χ0v) is 17.9. The standard InChI is InChI=1S/C17H26FN5O4Si/c1-16(2,3)28(5,6)27-9-7-10(26-17(9,4)14(24)25)23-8-20-11-12(19)21-15(18)22-13(11)23/h8-10H,7H2,1-6H3,(H,24,25)(H2,19,21,22)/t9?,10-,17+/m1/s1. The lowest BCUT2D eigenvalue weighted by Crippen LogP contribution is -2.52. The molecule has 154 valence electrons. The maximum absolute atomic E-state index is 13.7. The number of anilines is 1. The number of hydrogen-bond donors (Lipinski definition) is 2. The van der Waals surface area contributed by atoms with Crippen LogP contribution in [0.5, 0.6) is 0 Å². The number of nitrogens with zero attached hydrogens (tertiary/aromatic N) is 4. The summed E-state index contributed by atoms with van der Waals surface area (Å²) in [4.78, 5) is 23.4. The molecule has 0 bridgehead atoms. The van der Waals surface area contributed by atoms with Crippen molar-refractivity contribution in [3.8, 4) is 0 Å². The molecule has 1 saturated heterocycles. The third-order valence-electron chi connectivity index (χ3n) is 5.81. The maximum Gasteiger partial charge on any atom is 0.338 e. The van der Waals surface area contributed by atoms with Gasteiger partial charge in [0.25, 0.3) is 0 Å². The normalized spacial score (nSPS) is 26.1. The fourth-order valence-corrected chi connectivity index (χ4v) is 4.37. The Kier molecular flexibility index (Phi) is 4.76. The zero-order chi connectivity index (χ0) is 21.1. The number of hydrogen-bond acceptors (Lipinski definition) is 7. The van der Waals surface area contributed by atoms with Crippen molar-refractivity contribution < 1.29 is 23.5 Å². The number of fused-ring (bicyclic) bond motifs is 1. The minimum absolute atomic E-state index is 0.0886. The quantitative estimate of drug-likeness (QED) is 0.581. The van der Waals surface area contributed by atoms with E-state index in [1.165, 1.54) is 17.8 Å². The second-order valence-electron chi connectivity index (χ2n) is 8.79. The van der Waals surface area contributed by atoms with Crippen LogP contribution in [0.3, 0.4) is 0 Å². The molecule has 1 unspecified atom stereocenters. The van der Waals surface area contributed by atoms with Gasteiger partial charge in [-0.1, -0.05) is 20.8 Å². The summed E-state index contributed by atoms with van der Waals surface area (Å²) >= 11 is 0. The van der Waals surface area contributed by atoms with Crippen LogP contribution in [-0.4, -0.2) is 50.6 Å². The Labute approximate surface area is 163 Å². The van der Waals surface area contributed by atoms with Crippen LogP contribution in [0.4, 0.5) is 10.2 Å². The topological polar surface area (TPSA) is 125 Å². The Bertz CT molecular complexity index is 928. The second-order valence-corrected chi connectivity index (χ2v) is 13.5. The molecular formula is C17H26FN5O4Si. The lowest BCUT2D eigenvalue weighted by molar-refractivity contribution is -0.172. The monoisotopic (exact) mass is 411 g/mol. The van der Waals surface area contributed by atoms with Crippen LogP contribution in [-0.2, 0) is 14.0 Å². The Morgan fingerprint density at radius 1 is 1.46 bits per heavy atom. The van der Waals surface area contributed by atoms with Gasteiger partial charge in [0.2, 0.25) is 0 Å². The van der Waals surface area contributed by atoms with Crippen molar-refractivity contribution in [3.05, 3.63) is 12.4 Å². The van der Waals surface area contributed by atoms with E-state index in [2.05, 4.69) is 48.8 Å². The van der Waals surface area contributed by atoms with E-state index >= 15 is 0 Å². The lowest BCUT2D eigenvalue weighted by atomic mass is 10.00. The van der Waals surface area contributed by atoms with Crippen LogP contribution in [0, 0.1) is 6.08 Å². The van der Waals surface area contributed by atoms with Gasteiger partial charge in [-0.25, -0.2) is 9.78 Å². The number of carboxylic acids is 1. The van der Waals surface area contributed by atoms with Crippen LogP contribution >= 0.6 is 0 Å². The van der Waals surface area contributed by atoms with E-state index in [0.29, 0.717) is 0 Å². The summed E-state index contributed by atoms with van der Waals surface area (Å²) in [5.41, 5.74) is 4.53. The Hall–Kier alpha value is -2.11. The molecular weight excluding hydrogens is 385 g/mol. The number of aromatic nitrogens is 4. The second kappa shape index (κ2) is 6.46. The van der Waals surface area contributed by atoms with Crippen LogP contribution in [0.2, 0.25) is 18.1 Å². The van der Waals surface area contributed by atoms with Crippen LogP contribution in [0.15, 0.2) is 6.33 Å². The number of halogens is 1. The van der Waals surface area contributed by atoms with E-state index in [1.807, 2.05) is 0 Å². The van der Waals surface area contributed by atoms with Crippen molar-refractivity contribution in [2.75, 3.05) is 5.73 Å². The highest BCUT2D eigenvalue weighted by Crippen LogP contribution is 2.45. The Morgan fingerprint density at radius 2 is 2.11 bits per heavy atom. The fourth-order valence-electron chi connectivity index (χ4n) is 2.99. The molecule has 0 radical (unpaired) electrons.